The van der Waals surface area contributed by atoms with Gasteiger partial charge in [-0.2, -0.15) is 0 Å². The topological polar surface area (TPSA) is 130 Å². The van der Waals surface area contributed by atoms with Crippen molar-refractivity contribution < 1.29 is 28.6 Å². The number of amidine groups is 1. The molecule has 1 aliphatic heterocycles. The predicted octanol–water partition coefficient (Wildman–Crippen LogP) is 1.02. The lowest BCUT2D eigenvalue weighted by molar-refractivity contribution is -0.137. The van der Waals surface area contributed by atoms with Crippen molar-refractivity contribution >= 4 is 23.3 Å². The number of halogens is 1. The molecule has 2 N–H and O–H groups in total. The fraction of sp³-hybridized carbons (Fsp3) is 0.235. The summed E-state index contributed by atoms with van der Waals surface area (Å²) in [7, 11) is 0. The second kappa shape index (κ2) is 8.50. The van der Waals surface area contributed by atoms with Crippen LogP contribution in [0.2, 0.25) is 0 Å². The van der Waals surface area contributed by atoms with Gasteiger partial charge in [0.1, 0.15) is 11.5 Å². The third kappa shape index (κ3) is 4.27. The van der Waals surface area contributed by atoms with E-state index < -0.39 is 11.8 Å². The smallest absolute Gasteiger partial charge is 0.253 e. The van der Waals surface area contributed by atoms with Gasteiger partial charge in [-0.25, -0.2) is 14.0 Å². The third-order valence-corrected chi connectivity index (χ3v) is 3.87. The number of aryl methyl sites for hydroxylation is 1. The van der Waals surface area contributed by atoms with E-state index in [0.717, 1.165) is 4.90 Å². The summed E-state index contributed by atoms with van der Waals surface area (Å²) in [6, 6.07) is 4.18. The highest BCUT2D eigenvalue weighted by Crippen LogP contribution is 2.18. The molecule has 0 bridgehead atoms. The number of carbonyl (C=O) groups is 2. The molecular formula is C17H16FN5O5. The Morgan fingerprint density at radius 1 is 1.32 bits per heavy atom. The van der Waals surface area contributed by atoms with Crippen molar-refractivity contribution in [3.63, 3.8) is 0 Å². The molecule has 2 aromatic rings. The first-order valence-corrected chi connectivity index (χ1v) is 8.17. The molecule has 0 saturated carbocycles. The number of hydrogen-bond donors (Lipinski definition) is 2. The van der Waals surface area contributed by atoms with Crippen LogP contribution in [0.15, 0.2) is 40.0 Å². The number of hydroxylamine groups is 1. The average Bonchev–Trinajstić information content (AvgIpc) is 3.27. The molecule has 0 atom stereocenters. The molecule has 0 unspecified atom stereocenters. The number of ether oxygens (including phenoxy) is 1. The molecule has 1 aromatic carbocycles. The first-order valence-electron chi connectivity index (χ1n) is 8.17. The van der Waals surface area contributed by atoms with Gasteiger partial charge in [-0.05, 0) is 35.8 Å². The van der Waals surface area contributed by atoms with Gasteiger partial charge in [-0.3, -0.25) is 25.2 Å². The maximum absolute atomic E-state index is 13.4. The fourth-order valence-corrected chi connectivity index (χ4v) is 2.42. The number of aliphatic imine (C=N–C) groups is 1. The summed E-state index contributed by atoms with van der Waals surface area (Å²) >= 11 is 0. The molecule has 0 aliphatic carbocycles. The van der Waals surface area contributed by atoms with Gasteiger partial charge < -0.3 is 4.74 Å². The largest absolute Gasteiger partial charge is 0.373 e. The number of amides is 2. The van der Waals surface area contributed by atoms with Gasteiger partial charge >= 0.3 is 0 Å². The van der Waals surface area contributed by atoms with Gasteiger partial charge in [-0.1, -0.05) is 5.16 Å². The van der Waals surface area contributed by atoms with E-state index in [4.69, 9.17) is 4.74 Å². The zero-order valence-electron chi connectivity index (χ0n) is 14.8. The molecule has 11 heteroatoms. The van der Waals surface area contributed by atoms with E-state index in [-0.39, 0.29) is 42.8 Å². The Morgan fingerprint density at radius 3 is 2.75 bits per heavy atom. The van der Waals surface area contributed by atoms with Crippen LogP contribution in [-0.4, -0.2) is 51.2 Å². The van der Waals surface area contributed by atoms with Crippen LogP contribution in [0.4, 0.5) is 10.1 Å². The monoisotopic (exact) mass is 389 g/mol. The minimum Gasteiger partial charge on any atom is -0.373 e. The van der Waals surface area contributed by atoms with Crippen molar-refractivity contribution in [2.75, 3.05) is 13.2 Å². The fourth-order valence-electron chi connectivity index (χ4n) is 2.42. The molecule has 1 aromatic heterocycles. The average molecular weight is 389 g/mol. The second-order valence-corrected chi connectivity index (χ2v) is 5.78. The van der Waals surface area contributed by atoms with Crippen LogP contribution in [0.5, 0.6) is 0 Å². The number of rotatable bonds is 7. The predicted molar refractivity (Wildman–Crippen MR) is 92.1 cm³/mol. The standard InChI is InChI=1S/C17H16FN5O5/c1-10-8-11(2-3-12(10)18)19-17(20-26)16-13(21-28-22-16)9-27-7-6-23-14(24)4-5-15(23)25/h2-5,8,26H,6-7,9H2,1H3,(H,19,20). The zero-order valence-corrected chi connectivity index (χ0v) is 14.8. The maximum Gasteiger partial charge on any atom is 0.253 e. The van der Waals surface area contributed by atoms with Gasteiger partial charge in [0.25, 0.3) is 11.8 Å². The third-order valence-electron chi connectivity index (χ3n) is 3.87. The van der Waals surface area contributed by atoms with Gasteiger partial charge in [0, 0.05) is 12.2 Å². The Kier molecular flexibility index (Phi) is 5.87. The lowest BCUT2D eigenvalue weighted by atomic mass is 10.2. The highest BCUT2D eigenvalue weighted by Gasteiger charge is 2.23. The van der Waals surface area contributed by atoms with Crippen LogP contribution in [0.1, 0.15) is 17.0 Å². The molecule has 0 radical (unpaired) electrons. The van der Waals surface area contributed by atoms with Crippen molar-refractivity contribution in [1.82, 2.24) is 20.7 Å². The lowest BCUT2D eigenvalue weighted by Crippen LogP contribution is -2.33. The summed E-state index contributed by atoms with van der Waals surface area (Å²) in [5.41, 5.74) is 3.00. The van der Waals surface area contributed by atoms with E-state index in [1.807, 2.05) is 5.48 Å². The summed E-state index contributed by atoms with van der Waals surface area (Å²) in [6.07, 6.45) is 2.38. The number of aromatic nitrogens is 2. The summed E-state index contributed by atoms with van der Waals surface area (Å²) in [6.45, 7) is 1.68. The van der Waals surface area contributed by atoms with Crippen molar-refractivity contribution in [3.05, 3.63) is 53.1 Å². The summed E-state index contributed by atoms with van der Waals surface area (Å²) in [5, 5.41) is 16.8. The molecule has 0 saturated heterocycles. The first-order chi connectivity index (χ1) is 13.5. The van der Waals surface area contributed by atoms with Crippen LogP contribution in [-0.2, 0) is 20.9 Å². The van der Waals surface area contributed by atoms with E-state index in [2.05, 4.69) is 19.9 Å². The van der Waals surface area contributed by atoms with E-state index in [1.165, 1.54) is 30.4 Å². The summed E-state index contributed by atoms with van der Waals surface area (Å²) in [4.78, 5) is 28.1. The molecule has 2 heterocycles. The van der Waals surface area contributed by atoms with E-state index in [1.54, 1.807) is 6.92 Å². The summed E-state index contributed by atoms with van der Waals surface area (Å²) < 4.78 is 23.5. The molecule has 3 rings (SSSR count). The molecule has 0 spiro atoms. The van der Waals surface area contributed by atoms with Crippen molar-refractivity contribution in [3.8, 4) is 0 Å². The first kappa shape index (κ1) is 19.3. The highest BCUT2D eigenvalue weighted by molar-refractivity contribution is 6.12. The highest BCUT2D eigenvalue weighted by atomic mass is 19.1. The van der Waals surface area contributed by atoms with Crippen LogP contribution in [0, 0.1) is 12.7 Å². The van der Waals surface area contributed by atoms with Gasteiger partial charge in [0.15, 0.2) is 11.5 Å². The Labute approximate surface area is 158 Å². The van der Waals surface area contributed by atoms with E-state index >= 15 is 0 Å². The van der Waals surface area contributed by atoms with Crippen molar-refractivity contribution in [1.29, 1.82) is 0 Å². The lowest BCUT2D eigenvalue weighted by Gasteiger charge is -2.13. The molecule has 28 heavy (non-hydrogen) atoms. The van der Waals surface area contributed by atoms with Gasteiger partial charge in [0.2, 0.25) is 0 Å². The number of imide groups is 1. The van der Waals surface area contributed by atoms with Crippen LogP contribution < -0.4 is 5.48 Å². The number of hydrogen-bond acceptors (Lipinski definition) is 8. The van der Waals surface area contributed by atoms with E-state index in [9.17, 15) is 19.2 Å². The Bertz CT molecular complexity index is 937. The normalized spacial score (nSPS) is 14.2. The SMILES string of the molecule is Cc1cc(N=C(NO)c2nonc2COCCN2C(=O)C=CC2=O)ccc1F. The van der Waals surface area contributed by atoms with Crippen LogP contribution in [0.3, 0.4) is 0 Å². The molecule has 146 valence electrons. The number of nitrogens with zero attached hydrogens (tertiary/aromatic N) is 4. The zero-order chi connectivity index (χ0) is 20.1. The van der Waals surface area contributed by atoms with E-state index in [0.29, 0.717) is 11.3 Å². The molecule has 1 aliphatic rings. The van der Waals surface area contributed by atoms with Gasteiger partial charge in [-0.15, -0.1) is 0 Å². The van der Waals surface area contributed by atoms with Gasteiger partial charge in [0.05, 0.1) is 25.4 Å². The number of benzene rings is 1. The Hall–Kier alpha value is -3.44. The maximum atomic E-state index is 13.4. The molecule has 10 nitrogen and oxygen atoms in total. The van der Waals surface area contributed by atoms with Crippen molar-refractivity contribution in [2.24, 2.45) is 4.99 Å². The van der Waals surface area contributed by atoms with Crippen LogP contribution >= 0.6 is 0 Å². The Balaban J connectivity index is 1.64. The Morgan fingerprint density at radius 2 is 2.07 bits per heavy atom. The number of carbonyl (C=O) groups excluding carboxylic acids is 2. The second-order valence-electron chi connectivity index (χ2n) is 5.78. The van der Waals surface area contributed by atoms with Crippen molar-refractivity contribution in [2.45, 2.75) is 13.5 Å². The molecular weight excluding hydrogens is 373 g/mol. The summed E-state index contributed by atoms with van der Waals surface area (Å²) in [5.74, 6) is -1.24. The van der Waals surface area contributed by atoms with Crippen LogP contribution in [0.25, 0.3) is 0 Å². The quantitative estimate of drug-likeness (QED) is 0.236. The number of nitrogens with one attached hydrogen (secondary N) is 1. The minimum atomic E-state index is -0.397. The molecule has 0 fully saturated rings. The minimum absolute atomic E-state index is 0.0639. The molecule has 2 amide bonds.